The standard InChI is InChI=1S/C20H22N2O5.C2HF3O2/c23-14-9-7-13(8-10-14)19(25)22-16-12-21-11-3-6-18(16)27-20(26)15-4-1-2-5-17(15)24;3-2(4,5)1(6)7/h1-2,4-5,7-10,16,18,21,23-24H,3,6,11-12H2,(H,22,25);(H,6,7)/t16-,18-;/m1./s1. The van der Waals surface area contributed by atoms with E-state index in [0.29, 0.717) is 18.5 Å². The highest BCUT2D eigenvalue weighted by Crippen LogP contribution is 2.20. The van der Waals surface area contributed by atoms with Gasteiger partial charge < -0.3 is 30.7 Å². The van der Waals surface area contributed by atoms with Gasteiger partial charge >= 0.3 is 18.1 Å². The van der Waals surface area contributed by atoms with Gasteiger partial charge in [0.1, 0.15) is 23.2 Å². The van der Waals surface area contributed by atoms with Crippen LogP contribution in [0.2, 0.25) is 0 Å². The number of hydrogen-bond donors (Lipinski definition) is 5. The Hall–Kier alpha value is -3.80. The van der Waals surface area contributed by atoms with Gasteiger partial charge in [0, 0.05) is 12.1 Å². The number of ether oxygens (including phenoxy) is 1. The third kappa shape index (κ3) is 7.96. The van der Waals surface area contributed by atoms with Crippen molar-refractivity contribution in [2.24, 2.45) is 0 Å². The van der Waals surface area contributed by atoms with Crippen LogP contribution in [0.15, 0.2) is 48.5 Å². The van der Waals surface area contributed by atoms with E-state index in [0.717, 1.165) is 13.0 Å². The van der Waals surface area contributed by atoms with Gasteiger partial charge in [-0.1, -0.05) is 12.1 Å². The minimum absolute atomic E-state index is 0.0807. The fourth-order valence-electron chi connectivity index (χ4n) is 3.02. The number of phenolic OH excluding ortho intramolecular Hbond substituents is 2. The second-order valence-corrected chi connectivity index (χ2v) is 7.24. The van der Waals surface area contributed by atoms with Crippen LogP contribution < -0.4 is 10.6 Å². The van der Waals surface area contributed by atoms with Crippen molar-refractivity contribution >= 4 is 17.8 Å². The highest BCUT2D eigenvalue weighted by atomic mass is 19.4. The molecule has 3 rings (SSSR count). The minimum atomic E-state index is -5.08. The maximum absolute atomic E-state index is 12.5. The summed E-state index contributed by atoms with van der Waals surface area (Å²) in [6.45, 7) is 1.22. The Morgan fingerprint density at radius 1 is 1.03 bits per heavy atom. The number of para-hydroxylation sites is 1. The van der Waals surface area contributed by atoms with Crippen molar-refractivity contribution in [2.75, 3.05) is 13.1 Å². The van der Waals surface area contributed by atoms with Gasteiger partial charge in [0.2, 0.25) is 0 Å². The van der Waals surface area contributed by atoms with Gasteiger partial charge in [-0.25, -0.2) is 9.59 Å². The molecule has 34 heavy (non-hydrogen) atoms. The number of carbonyl (C=O) groups is 3. The third-order valence-corrected chi connectivity index (χ3v) is 4.73. The summed E-state index contributed by atoms with van der Waals surface area (Å²) in [5, 5.41) is 32.4. The number of esters is 1. The van der Waals surface area contributed by atoms with E-state index in [1.165, 1.54) is 36.4 Å². The lowest BCUT2D eigenvalue weighted by Crippen LogP contribution is -2.49. The maximum atomic E-state index is 12.5. The van der Waals surface area contributed by atoms with E-state index in [4.69, 9.17) is 14.6 Å². The first-order valence-electron chi connectivity index (χ1n) is 10.1. The number of rotatable bonds is 4. The highest BCUT2D eigenvalue weighted by molar-refractivity contribution is 5.95. The van der Waals surface area contributed by atoms with Crippen LogP contribution in [0.5, 0.6) is 11.5 Å². The van der Waals surface area contributed by atoms with E-state index >= 15 is 0 Å². The van der Waals surface area contributed by atoms with E-state index in [-0.39, 0.29) is 23.0 Å². The van der Waals surface area contributed by atoms with Crippen LogP contribution in [0, 0.1) is 0 Å². The van der Waals surface area contributed by atoms with Crippen LogP contribution in [0.3, 0.4) is 0 Å². The molecule has 1 aliphatic heterocycles. The molecule has 1 aliphatic rings. The Kier molecular flexibility index (Phi) is 9.25. The Bertz CT molecular complexity index is 997. The molecule has 12 heteroatoms. The van der Waals surface area contributed by atoms with Crippen LogP contribution in [0.1, 0.15) is 33.6 Å². The number of nitrogens with one attached hydrogen (secondary N) is 2. The van der Waals surface area contributed by atoms with Crippen molar-refractivity contribution in [3.8, 4) is 11.5 Å². The summed E-state index contributed by atoms with van der Waals surface area (Å²) in [5.74, 6) is -3.75. The molecule has 0 spiro atoms. The molecule has 1 fully saturated rings. The zero-order chi connectivity index (χ0) is 25.3. The molecule has 1 heterocycles. The number of phenols is 2. The molecule has 1 saturated heterocycles. The molecule has 0 bridgehead atoms. The maximum Gasteiger partial charge on any atom is 0.490 e. The number of carboxylic acids is 1. The predicted octanol–water partition coefficient (Wildman–Crippen LogP) is 2.44. The predicted molar refractivity (Wildman–Crippen MR) is 112 cm³/mol. The molecule has 184 valence electrons. The fraction of sp³-hybridized carbons (Fsp3) is 0.318. The summed E-state index contributed by atoms with van der Waals surface area (Å²) in [6, 6.07) is 11.7. The molecule has 2 aromatic rings. The van der Waals surface area contributed by atoms with Gasteiger partial charge in [-0.2, -0.15) is 13.2 Å². The molecule has 2 atom stereocenters. The number of alkyl halides is 3. The Morgan fingerprint density at radius 3 is 2.24 bits per heavy atom. The Labute approximate surface area is 192 Å². The van der Waals surface area contributed by atoms with Crippen LogP contribution in [-0.2, 0) is 9.53 Å². The van der Waals surface area contributed by atoms with E-state index < -0.39 is 30.3 Å². The van der Waals surface area contributed by atoms with Gasteiger partial charge in [-0.05, 0) is 55.8 Å². The lowest BCUT2D eigenvalue weighted by molar-refractivity contribution is -0.192. The van der Waals surface area contributed by atoms with Crippen LogP contribution >= 0.6 is 0 Å². The number of amides is 1. The van der Waals surface area contributed by atoms with Crippen molar-refractivity contribution in [2.45, 2.75) is 31.2 Å². The summed E-state index contributed by atoms with van der Waals surface area (Å²) in [7, 11) is 0. The molecular formula is C22H23F3N2O7. The normalized spacial score (nSPS) is 18.0. The number of aromatic hydroxyl groups is 2. The van der Waals surface area contributed by atoms with Gasteiger partial charge in [0.25, 0.3) is 5.91 Å². The molecule has 5 N–H and O–H groups in total. The van der Waals surface area contributed by atoms with Crippen molar-refractivity contribution in [1.29, 1.82) is 0 Å². The van der Waals surface area contributed by atoms with Crippen molar-refractivity contribution in [3.05, 3.63) is 59.7 Å². The van der Waals surface area contributed by atoms with Gasteiger partial charge in [-0.3, -0.25) is 4.79 Å². The number of benzene rings is 2. The Balaban J connectivity index is 0.000000509. The number of halogens is 3. The summed E-state index contributed by atoms with van der Waals surface area (Å²) in [5.41, 5.74) is 0.501. The largest absolute Gasteiger partial charge is 0.508 e. The van der Waals surface area contributed by atoms with Crippen molar-refractivity contribution < 1.29 is 47.6 Å². The fourth-order valence-corrected chi connectivity index (χ4v) is 3.02. The summed E-state index contributed by atoms with van der Waals surface area (Å²) in [4.78, 5) is 33.8. The first-order chi connectivity index (χ1) is 16.0. The SMILES string of the molecule is O=C(N[C@@H]1CNCCC[C@H]1OC(=O)c1ccccc1O)c1ccc(O)cc1.O=C(O)C(F)(F)F. The lowest BCUT2D eigenvalue weighted by Gasteiger charge is -2.26. The van der Waals surface area contributed by atoms with E-state index in [2.05, 4.69) is 10.6 Å². The number of carboxylic acid groups (broad SMARTS) is 1. The molecule has 0 aromatic heterocycles. The number of carbonyl (C=O) groups excluding carboxylic acids is 2. The zero-order valence-corrected chi connectivity index (χ0v) is 17.7. The minimum Gasteiger partial charge on any atom is -0.508 e. The molecule has 0 aliphatic carbocycles. The van der Waals surface area contributed by atoms with Crippen molar-refractivity contribution in [1.82, 2.24) is 10.6 Å². The third-order valence-electron chi connectivity index (χ3n) is 4.73. The monoisotopic (exact) mass is 484 g/mol. The molecular weight excluding hydrogens is 461 g/mol. The topological polar surface area (TPSA) is 145 Å². The number of aliphatic carboxylic acids is 1. The lowest BCUT2D eigenvalue weighted by atomic mass is 10.1. The molecule has 0 unspecified atom stereocenters. The van der Waals surface area contributed by atoms with Crippen LogP contribution in [0.4, 0.5) is 13.2 Å². The zero-order valence-electron chi connectivity index (χ0n) is 17.7. The summed E-state index contributed by atoms with van der Waals surface area (Å²) < 4.78 is 37.3. The van der Waals surface area contributed by atoms with Crippen LogP contribution in [0.25, 0.3) is 0 Å². The first-order valence-corrected chi connectivity index (χ1v) is 10.1. The second kappa shape index (κ2) is 11.9. The second-order valence-electron chi connectivity index (χ2n) is 7.24. The number of hydrogen-bond acceptors (Lipinski definition) is 7. The van der Waals surface area contributed by atoms with Gasteiger partial charge in [0.05, 0.1) is 6.04 Å². The molecule has 2 aromatic carbocycles. The molecule has 1 amide bonds. The van der Waals surface area contributed by atoms with E-state index in [1.807, 2.05) is 0 Å². The molecule has 0 saturated carbocycles. The highest BCUT2D eigenvalue weighted by Gasteiger charge is 2.38. The quantitative estimate of drug-likeness (QED) is 0.416. The first kappa shape index (κ1) is 26.5. The summed E-state index contributed by atoms with van der Waals surface area (Å²) >= 11 is 0. The van der Waals surface area contributed by atoms with Gasteiger partial charge in [0.15, 0.2) is 0 Å². The molecule has 0 radical (unpaired) electrons. The summed E-state index contributed by atoms with van der Waals surface area (Å²) in [6.07, 6.45) is -4.22. The average molecular weight is 484 g/mol. The Morgan fingerprint density at radius 2 is 1.65 bits per heavy atom. The smallest absolute Gasteiger partial charge is 0.490 e. The van der Waals surface area contributed by atoms with E-state index in [9.17, 15) is 33.0 Å². The van der Waals surface area contributed by atoms with Crippen molar-refractivity contribution in [3.63, 3.8) is 0 Å². The van der Waals surface area contributed by atoms with Crippen LogP contribution in [-0.4, -0.2) is 64.6 Å². The molecule has 9 nitrogen and oxygen atoms in total. The average Bonchev–Trinajstić information content (AvgIpc) is 2.99. The van der Waals surface area contributed by atoms with E-state index in [1.54, 1.807) is 12.1 Å². The van der Waals surface area contributed by atoms with Gasteiger partial charge in [-0.15, -0.1) is 0 Å².